The molecule has 0 saturated carbocycles. The zero-order chi connectivity index (χ0) is 15.8. The van der Waals surface area contributed by atoms with Gasteiger partial charge in [0.1, 0.15) is 5.75 Å². The van der Waals surface area contributed by atoms with Crippen LogP contribution >= 0.6 is 0 Å². The van der Waals surface area contributed by atoms with Gasteiger partial charge < -0.3 is 29.9 Å². The molecule has 0 heterocycles. The summed E-state index contributed by atoms with van der Waals surface area (Å²) in [6.07, 6.45) is 2.48. The molecule has 2 aromatic carbocycles. The van der Waals surface area contributed by atoms with Crippen molar-refractivity contribution in [3.8, 4) is 5.75 Å². The largest absolute Gasteiger partial charge is 3.00 e. The minimum atomic E-state index is 0. The zero-order valence-electron chi connectivity index (χ0n) is 15.3. The Labute approximate surface area is 175 Å². The van der Waals surface area contributed by atoms with E-state index in [9.17, 15) is 5.11 Å². The second-order valence-corrected chi connectivity index (χ2v) is 6.14. The number of benzene rings is 1. The normalized spacial score (nSPS) is 9.29. The van der Waals surface area contributed by atoms with Crippen LogP contribution < -0.4 is 24.8 Å². The van der Waals surface area contributed by atoms with E-state index in [1.165, 1.54) is 18.4 Å². The standard InChI is InChI=1S/C12H18O.C8H11.2ClH.Ti/c1-8(2)10-6-5-7-11(9(3)4)12(10)13;1-2-5-8-6-3-4-7-8;;;/h5-9,13H,1-4H3;3-4,6-7H,2,5H2,1H3;2*1H;/q;-1;;;+3/p-2. The molecule has 0 atom stereocenters. The Kier molecular flexibility index (Phi) is 17.7. The number of aryl methyl sites for hydroxylation is 1. The Morgan fingerprint density at radius 3 is 1.62 bits per heavy atom. The molecule has 0 aliphatic carbocycles. The SMILES string of the molecule is CC(C)c1cccc(C(C)C)c1O.CCC[c-]1cccc1.[Cl-].[Cl-].[Ti+3]. The van der Waals surface area contributed by atoms with Crippen molar-refractivity contribution < 1.29 is 51.6 Å². The Bertz CT molecular complexity index is 496. The van der Waals surface area contributed by atoms with Gasteiger partial charge in [-0.3, -0.25) is 0 Å². The number of hydrogen-bond acceptors (Lipinski definition) is 1. The second-order valence-electron chi connectivity index (χ2n) is 6.14. The van der Waals surface area contributed by atoms with Crippen molar-refractivity contribution in [1.82, 2.24) is 0 Å². The molecule has 1 radical (unpaired) electrons. The van der Waals surface area contributed by atoms with Crippen molar-refractivity contribution in [2.45, 2.75) is 59.3 Å². The fourth-order valence-corrected chi connectivity index (χ4v) is 2.38. The molecule has 0 unspecified atom stereocenters. The summed E-state index contributed by atoms with van der Waals surface area (Å²) < 4.78 is 0. The number of halogens is 2. The molecule has 133 valence electrons. The molecule has 0 spiro atoms. The van der Waals surface area contributed by atoms with Crippen LogP contribution in [-0.2, 0) is 28.1 Å². The molecule has 0 saturated heterocycles. The van der Waals surface area contributed by atoms with Gasteiger partial charge in [-0.1, -0.05) is 65.7 Å². The molecular weight excluding hydrogens is 375 g/mol. The summed E-state index contributed by atoms with van der Waals surface area (Å²) >= 11 is 0. The Hall–Kier alpha value is -0.336. The molecule has 0 fully saturated rings. The molecule has 0 amide bonds. The summed E-state index contributed by atoms with van der Waals surface area (Å²) in [5, 5.41) is 9.93. The van der Waals surface area contributed by atoms with Crippen LogP contribution in [0.4, 0.5) is 0 Å². The molecule has 0 aliphatic rings. The van der Waals surface area contributed by atoms with Gasteiger partial charge in [0, 0.05) is 0 Å². The monoisotopic (exact) mass is 403 g/mol. The third-order valence-electron chi connectivity index (χ3n) is 3.61. The predicted molar refractivity (Wildman–Crippen MR) is 92.3 cm³/mol. The molecule has 0 bridgehead atoms. The number of hydrogen-bond donors (Lipinski definition) is 1. The van der Waals surface area contributed by atoms with E-state index in [0.717, 1.165) is 11.1 Å². The van der Waals surface area contributed by atoms with Crippen LogP contribution in [0.3, 0.4) is 0 Å². The van der Waals surface area contributed by atoms with Crippen molar-refractivity contribution in [1.29, 1.82) is 0 Å². The predicted octanol–water partition coefficient (Wildman–Crippen LogP) is 0.00250. The Morgan fingerprint density at radius 1 is 0.875 bits per heavy atom. The van der Waals surface area contributed by atoms with Crippen LogP contribution in [0.15, 0.2) is 42.5 Å². The summed E-state index contributed by atoms with van der Waals surface area (Å²) in [5.41, 5.74) is 3.56. The number of para-hydroxylation sites is 1. The van der Waals surface area contributed by atoms with E-state index in [1.807, 2.05) is 18.2 Å². The van der Waals surface area contributed by atoms with Gasteiger partial charge in [-0.2, -0.15) is 17.7 Å². The van der Waals surface area contributed by atoms with Gasteiger partial charge in [0.05, 0.1) is 0 Å². The summed E-state index contributed by atoms with van der Waals surface area (Å²) in [4.78, 5) is 0. The van der Waals surface area contributed by atoms with Gasteiger partial charge in [-0.05, 0) is 23.0 Å². The third kappa shape index (κ3) is 9.23. The molecule has 1 nitrogen and oxygen atoms in total. The minimum Gasteiger partial charge on any atom is -1.00 e. The topological polar surface area (TPSA) is 20.2 Å². The molecule has 4 heteroatoms. The van der Waals surface area contributed by atoms with Crippen molar-refractivity contribution in [3.63, 3.8) is 0 Å². The summed E-state index contributed by atoms with van der Waals surface area (Å²) in [6.45, 7) is 10.6. The first-order valence-electron chi connectivity index (χ1n) is 7.99. The van der Waals surface area contributed by atoms with E-state index in [-0.39, 0.29) is 46.5 Å². The first kappa shape index (κ1) is 28.5. The van der Waals surface area contributed by atoms with Crippen LogP contribution in [-0.4, -0.2) is 5.11 Å². The fourth-order valence-electron chi connectivity index (χ4n) is 2.38. The maximum absolute atomic E-state index is 9.93. The molecule has 2 aromatic rings. The second kappa shape index (κ2) is 15.0. The molecule has 1 N–H and O–H groups in total. The maximum atomic E-state index is 9.93. The molecule has 0 aliphatic heterocycles. The molecule has 0 aromatic heterocycles. The van der Waals surface area contributed by atoms with E-state index in [2.05, 4.69) is 58.9 Å². The van der Waals surface area contributed by atoms with Crippen molar-refractivity contribution in [2.24, 2.45) is 0 Å². The summed E-state index contributed by atoms with van der Waals surface area (Å²) in [5.74, 6) is 1.25. The number of aromatic hydroxyl groups is 1. The molecular formula is C20H29Cl2OTi. The van der Waals surface area contributed by atoms with Crippen LogP contribution in [0.2, 0.25) is 0 Å². The van der Waals surface area contributed by atoms with Crippen molar-refractivity contribution in [2.75, 3.05) is 0 Å². The van der Waals surface area contributed by atoms with E-state index >= 15 is 0 Å². The summed E-state index contributed by atoms with van der Waals surface area (Å²) in [6, 6.07) is 14.5. The van der Waals surface area contributed by atoms with Crippen LogP contribution in [0, 0.1) is 0 Å². The van der Waals surface area contributed by atoms with Gasteiger partial charge in [-0.25, -0.2) is 12.1 Å². The van der Waals surface area contributed by atoms with E-state index in [1.54, 1.807) is 0 Å². The van der Waals surface area contributed by atoms with E-state index < -0.39 is 0 Å². The number of phenolic OH excluding ortho intramolecular Hbond substituents is 1. The average molecular weight is 404 g/mol. The van der Waals surface area contributed by atoms with Crippen LogP contribution in [0.1, 0.15) is 69.6 Å². The summed E-state index contributed by atoms with van der Waals surface area (Å²) in [7, 11) is 0. The van der Waals surface area contributed by atoms with Crippen molar-refractivity contribution >= 4 is 0 Å². The van der Waals surface area contributed by atoms with Gasteiger partial charge in [0.2, 0.25) is 0 Å². The quantitative estimate of drug-likeness (QED) is 0.562. The van der Waals surface area contributed by atoms with Gasteiger partial charge in [0.25, 0.3) is 0 Å². The maximum Gasteiger partial charge on any atom is 3.00 e. The number of phenols is 1. The van der Waals surface area contributed by atoms with Gasteiger partial charge >= 0.3 is 21.7 Å². The smallest absolute Gasteiger partial charge is 1.00 e. The Morgan fingerprint density at radius 2 is 1.29 bits per heavy atom. The number of rotatable bonds is 4. The first-order valence-corrected chi connectivity index (χ1v) is 7.99. The first-order chi connectivity index (χ1) is 9.97. The van der Waals surface area contributed by atoms with Gasteiger partial charge in [-0.15, -0.1) is 0 Å². The molecule has 2 rings (SSSR count). The van der Waals surface area contributed by atoms with E-state index in [4.69, 9.17) is 0 Å². The van der Waals surface area contributed by atoms with E-state index in [0.29, 0.717) is 17.6 Å². The average Bonchev–Trinajstić information content (AvgIpc) is 2.92. The van der Waals surface area contributed by atoms with Gasteiger partial charge in [0.15, 0.2) is 0 Å². The third-order valence-corrected chi connectivity index (χ3v) is 3.61. The van der Waals surface area contributed by atoms with Crippen LogP contribution in [0.25, 0.3) is 0 Å². The fraction of sp³-hybridized carbons (Fsp3) is 0.450. The Balaban J connectivity index is -0.000000353. The zero-order valence-corrected chi connectivity index (χ0v) is 18.4. The molecule has 24 heavy (non-hydrogen) atoms. The van der Waals surface area contributed by atoms with Crippen molar-refractivity contribution in [3.05, 3.63) is 59.2 Å². The van der Waals surface area contributed by atoms with Crippen LogP contribution in [0.5, 0.6) is 5.75 Å². The minimum absolute atomic E-state index is 0.